The van der Waals surface area contributed by atoms with E-state index < -0.39 is 0 Å². The zero-order valence-corrected chi connectivity index (χ0v) is 10.6. The van der Waals surface area contributed by atoms with Crippen molar-refractivity contribution in [1.82, 2.24) is 5.32 Å². The first-order valence-electron chi connectivity index (χ1n) is 6.55. The molecule has 4 heteroatoms. The van der Waals surface area contributed by atoms with E-state index >= 15 is 0 Å². The summed E-state index contributed by atoms with van der Waals surface area (Å²) in [4.78, 5) is 0. The van der Waals surface area contributed by atoms with E-state index in [0.717, 1.165) is 30.9 Å². The molecule has 1 aromatic rings. The van der Waals surface area contributed by atoms with Crippen molar-refractivity contribution in [3.8, 4) is 11.5 Å². The molecule has 0 spiro atoms. The minimum Gasteiger partial charge on any atom is -0.491 e. The summed E-state index contributed by atoms with van der Waals surface area (Å²) in [5.74, 6) is 1.79. The molecule has 18 heavy (non-hydrogen) atoms. The Morgan fingerprint density at radius 1 is 1.44 bits per heavy atom. The van der Waals surface area contributed by atoms with Crippen LogP contribution in [-0.4, -0.2) is 33.0 Å². The van der Waals surface area contributed by atoms with Crippen molar-refractivity contribution in [1.29, 1.82) is 0 Å². The average molecular weight is 249 g/mol. The smallest absolute Gasteiger partial charge is 0.127 e. The predicted octanol–water partition coefficient (Wildman–Crippen LogP) is 1.90. The number of fused-ring (bicyclic) bond motifs is 1. The van der Waals surface area contributed by atoms with Gasteiger partial charge in [-0.3, -0.25) is 0 Å². The number of rotatable bonds is 4. The first-order valence-corrected chi connectivity index (χ1v) is 6.55. The fraction of sp³-hybridized carbons (Fsp3) is 0.571. The van der Waals surface area contributed by atoms with Gasteiger partial charge in [0, 0.05) is 18.2 Å². The van der Waals surface area contributed by atoms with Crippen LogP contribution in [0.25, 0.3) is 0 Å². The van der Waals surface area contributed by atoms with Crippen molar-refractivity contribution < 1.29 is 14.2 Å². The molecule has 4 nitrogen and oxygen atoms in total. The van der Waals surface area contributed by atoms with Crippen LogP contribution in [0, 0.1) is 0 Å². The normalized spacial score (nSPS) is 25.8. The van der Waals surface area contributed by atoms with Crippen LogP contribution in [0.3, 0.4) is 0 Å². The molecule has 2 atom stereocenters. The zero-order valence-electron chi connectivity index (χ0n) is 10.6. The van der Waals surface area contributed by atoms with Gasteiger partial charge in [-0.05, 0) is 32.0 Å². The highest BCUT2D eigenvalue weighted by atomic mass is 16.5. The largest absolute Gasteiger partial charge is 0.491 e. The summed E-state index contributed by atoms with van der Waals surface area (Å²) >= 11 is 0. The van der Waals surface area contributed by atoms with E-state index in [1.54, 1.807) is 0 Å². The lowest BCUT2D eigenvalue weighted by molar-refractivity contribution is 0.0679. The summed E-state index contributed by atoms with van der Waals surface area (Å²) < 4.78 is 16.9. The molecule has 2 aliphatic rings. The lowest BCUT2D eigenvalue weighted by Crippen LogP contribution is -2.17. The van der Waals surface area contributed by atoms with Gasteiger partial charge >= 0.3 is 0 Å². The second kappa shape index (κ2) is 5.16. The molecule has 2 unspecified atom stereocenters. The van der Waals surface area contributed by atoms with E-state index in [-0.39, 0.29) is 6.10 Å². The van der Waals surface area contributed by atoms with Gasteiger partial charge in [0.2, 0.25) is 0 Å². The second-order valence-electron chi connectivity index (χ2n) is 4.80. The molecule has 2 heterocycles. The monoisotopic (exact) mass is 249 g/mol. The molecule has 0 saturated carbocycles. The van der Waals surface area contributed by atoms with Gasteiger partial charge in [-0.2, -0.15) is 0 Å². The van der Waals surface area contributed by atoms with Gasteiger partial charge in [-0.15, -0.1) is 0 Å². The highest BCUT2D eigenvalue weighted by Gasteiger charge is 2.23. The maximum atomic E-state index is 5.76. The van der Waals surface area contributed by atoms with Gasteiger partial charge in [-0.1, -0.05) is 0 Å². The summed E-state index contributed by atoms with van der Waals surface area (Å²) in [6.07, 6.45) is 2.50. The molecule has 0 radical (unpaired) electrons. The molecule has 0 amide bonds. The molecule has 1 saturated heterocycles. The first-order chi connectivity index (χ1) is 8.86. The average Bonchev–Trinajstić information content (AvgIpc) is 3.05. The fourth-order valence-electron chi connectivity index (χ4n) is 2.48. The quantitative estimate of drug-likeness (QED) is 0.884. The van der Waals surface area contributed by atoms with Crippen LogP contribution >= 0.6 is 0 Å². The van der Waals surface area contributed by atoms with Gasteiger partial charge in [0.1, 0.15) is 24.7 Å². The third-order valence-electron chi connectivity index (χ3n) is 3.57. The molecule has 0 bridgehead atoms. The van der Waals surface area contributed by atoms with E-state index in [0.29, 0.717) is 19.3 Å². The van der Waals surface area contributed by atoms with Crippen molar-refractivity contribution in [2.75, 3.05) is 26.9 Å². The number of hydrogen-bond acceptors (Lipinski definition) is 4. The van der Waals surface area contributed by atoms with Crippen LogP contribution in [0.2, 0.25) is 0 Å². The van der Waals surface area contributed by atoms with Gasteiger partial charge in [0.05, 0.1) is 12.1 Å². The molecule has 3 rings (SSSR count). The number of benzene rings is 1. The fourth-order valence-corrected chi connectivity index (χ4v) is 2.48. The van der Waals surface area contributed by atoms with Crippen LogP contribution in [-0.2, 0) is 4.74 Å². The Morgan fingerprint density at radius 2 is 2.39 bits per heavy atom. The van der Waals surface area contributed by atoms with Crippen molar-refractivity contribution in [3.05, 3.63) is 23.8 Å². The van der Waals surface area contributed by atoms with E-state index in [2.05, 4.69) is 11.4 Å². The topological polar surface area (TPSA) is 39.7 Å². The molecule has 98 valence electrons. The third kappa shape index (κ3) is 2.31. The molecular weight excluding hydrogens is 230 g/mol. The second-order valence-corrected chi connectivity index (χ2v) is 4.80. The molecule has 0 aliphatic carbocycles. The van der Waals surface area contributed by atoms with Gasteiger partial charge < -0.3 is 19.5 Å². The Hall–Kier alpha value is -1.26. The highest BCUT2D eigenvalue weighted by molar-refractivity contribution is 5.44. The Balaban J connectivity index is 1.63. The SMILES string of the molecule is CNC1COc2cc(OCC3CCCO3)ccc21. The third-order valence-corrected chi connectivity index (χ3v) is 3.57. The Labute approximate surface area is 107 Å². The van der Waals surface area contributed by atoms with E-state index in [9.17, 15) is 0 Å². The molecule has 2 aliphatic heterocycles. The van der Waals surface area contributed by atoms with Gasteiger partial charge in [-0.25, -0.2) is 0 Å². The molecular formula is C14H19NO3. The van der Waals surface area contributed by atoms with Crippen LogP contribution in [0.4, 0.5) is 0 Å². The Kier molecular flexibility index (Phi) is 3.39. The van der Waals surface area contributed by atoms with Crippen molar-refractivity contribution in [2.45, 2.75) is 25.0 Å². The summed E-state index contributed by atoms with van der Waals surface area (Å²) in [6, 6.07) is 6.36. The van der Waals surface area contributed by atoms with Gasteiger partial charge in [0.25, 0.3) is 0 Å². The van der Waals surface area contributed by atoms with E-state index in [4.69, 9.17) is 14.2 Å². The Morgan fingerprint density at radius 3 is 3.17 bits per heavy atom. The van der Waals surface area contributed by atoms with Crippen molar-refractivity contribution in [3.63, 3.8) is 0 Å². The molecule has 1 fully saturated rings. The zero-order chi connectivity index (χ0) is 12.4. The predicted molar refractivity (Wildman–Crippen MR) is 68.2 cm³/mol. The summed E-state index contributed by atoms with van der Waals surface area (Å²) in [7, 11) is 1.95. The van der Waals surface area contributed by atoms with E-state index in [1.807, 2.05) is 19.2 Å². The van der Waals surface area contributed by atoms with Crippen molar-refractivity contribution >= 4 is 0 Å². The maximum Gasteiger partial charge on any atom is 0.127 e. The highest BCUT2D eigenvalue weighted by Crippen LogP contribution is 2.35. The molecule has 1 N–H and O–H groups in total. The molecule has 1 aromatic carbocycles. The molecule has 0 aromatic heterocycles. The van der Waals surface area contributed by atoms with Gasteiger partial charge in [0.15, 0.2) is 0 Å². The number of hydrogen-bond donors (Lipinski definition) is 1. The van der Waals surface area contributed by atoms with Crippen LogP contribution in [0.5, 0.6) is 11.5 Å². The minimum atomic E-state index is 0.254. The van der Waals surface area contributed by atoms with Crippen molar-refractivity contribution in [2.24, 2.45) is 0 Å². The Bertz CT molecular complexity index is 416. The summed E-state index contributed by atoms with van der Waals surface area (Å²) in [6.45, 7) is 2.19. The van der Waals surface area contributed by atoms with E-state index in [1.165, 1.54) is 5.56 Å². The van der Waals surface area contributed by atoms with Crippen LogP contribution in [0.1, 0.15) is 24.4 Å². The summed E-state index contributed by atoms with van der Waals surface area (Å²) in [5.41, 5.74) is 1.21. The standard InChI is InChI=1S/C14H19NO3/c1-15-13-9-18-14-7-10(4-5-12(13)14)17-8-11-3-2-6-16-11/h4-5,7,11,13,15H,2-3,6,8-9H2,1H3. The number of ether oxygens (including phenoxy) is 3. The van der Waals surface area contributed by atoms with Crippen LogP contribution in [0.15, 0.2) is 18.2 Å². The first kappa shape index (κ1) is 11.8. The van der Waals surface area contributed by atoms with Crippen LogP contribution < -0.4 is 14.8 Å². The lowest BCUT2D eigenvalue weighted by Gasteiger charge is -2.12. The minimum absolute atomic E-state index is 0.254. The maximum absolute atomic E-state index is 5.76. The number of nitrogens with one attached hydrogen (secondary N) is 1. The lowest BCUT2D eigenvalue weighted by atomic mass is 10.1. The number of likely N-dealkylation sites (N-methyl/N-ethyl adjacent to an activating group) is 1. The summed E-state index contributed by atoms with van der Waals surface area (Å²) in [5, 5.41) is 3.23.